The zero-order valence-corrected chi connectivity index (χ0v) is 11.3. The molecule has 0 aromatic heterocycles. The number of hydrogen-bond acceptors (Lipinski definition) is 6. The molecule has 0 heterocycles. The Morgan fingerprint density at radius 1 is 1.35 bits per heavy atom. The van der Waals surface area contributed by atoms with E-state index in [2.05, 4.69) is 10.1 Å². The topological polar surface area (TPSA) is 108 Å². The summed E-state index contributed by atoms with van der Waals surface area (Å²) in [5, 5.41) is 13.3. The summed E-state index contributed by atoms with van der Waals surface area (Å²) in [6.45, 7) is 1.23. The molecule has 0 saturated heterocycles. The summed E-state index contributed by atoms with van der Waals surface area (Å²) in [4.78, 5) is 32.7. The van der Waals surface area contributed by atoms with Crippen LogP contribution in [0.2, 0.25) is 0 Å². The molecule has 1 amide bonds. The molecule has 1 rings (SSSR count). The van der Waals surface area contributed by atoms with Crippen molar-refractivity contribution in [3.63, 3.8) is 0 Å². The van der Waals surface area contributed by atoms with Crippen LogP contribution in [-0.2, 0) is 20.7 Å². The van der Waals surface area contributed by atoms with Crippen molar-refractivity contribution in [2.24, 2.45) is 0 Å². The first-order valence-electron chi connectivity index (χ1n) is 5.58. The van der Waals surface area contributed by atoms with Crippen LogP contribution in [0.3, 0.4) is 0 Å². The average molecular weight is 282 g/mol. The molecule has 1 N–H and O–H groups in total. The number of nitro groups is 1. The highest BCUT2D eigenvalue weighted by Gasteiger charge is 2.21. The largest absolute Gasteiger partial charge is 0.496 e. The lowest BCUT2D eigenvalue weighted by molar-refractivity contribution is -0.384. The SMILES string of the molecule is COC(=O)Cc1cc(NC(C)=O)c([N+](=O)[O-])cc1OC. The molecule has 0 spiro atoms. The van der Waals surface area contributed by atoms with Crippen LogP contribution in [0.15, 0.2) is 12.1 Å². The summed E-state index contributed by atoms with van der Waals surface area (Å²) < 4.78 is 9.55. The van der Waals surface area contributed by atoms with Gasteiger partial charge < -0.3 is 14.8 Å². The Morgan fingerprint density at radius 2 is 2.00 bits per heavy atom. The predicted octanol–water partition coefficient (Wildman–Crippen LogP) is 1.28. The molecule has 1 aromatic rings. The van der Waals surface area contributed by atoms with E-state index in [1.54, 1.807) is 0 Å². The highest BCUT2D eigenvalue weighted by atomic mass is 16.6. The molecule has 1 aromatic carbocycles. The van der Waals surface area contributed by atoms with E-state index < -0.39 is 16.8 Å². The predicted molar refractivity (Wildman–Crippen MR) is 69.7 cm³/mol. The first kappa shape index (κ1) is 15.4. The van der Waals surface area contributed by atoms with E-state index in [0.717, 1.165) is 6.07 Å². The van der Waals surface area contributed by atoms with Gasteiger partial charge in [-0.15, -0.1) is 0 Å². The Labute approximate surface area is 114 Å². The number of ether oxygens (including phenoxy) is 2. The van der Waals surface area contributed by atoms with Gasteiger partial charge in [-0.3, -0.25) is 19.7 Å². The third-order valence-electron chi connectivity index (χ3n) is 2.47. The lowest BCUT2D eigenvalue weighted by atomic mass is 10.1. The van der Waals surface area contributed by atoms with Crippen LogP contribution in [0.1, 0.15) is 12.5 Å². The molecule has 108 valence electrons. The second-order valence-corrected chi connectivity index (χ2v) is 3.87. The van der Waals surface area contributed by atoms with Crippen molar-refractivity contribution in [1.29, 1.82) is 0 Å². The lowest BCUT2D eigenvalue weighted by Crippen LogP contribution is -2.11. The van der Waals surface area contributed by atoms with Crippen molar-refractivity contribution in [2.75, 3.05) is 19.5 Å². The van der Waals surface area contributed by atoms with Gasteiger partial charge in [0.05, 0.1) is 31.6 Å². The van der Waals surface area contributed by atoms with Crippen molar-refractivity contribution < 1.29 is 24.0 Å². The van der Waals surface area contributed by atoms with Gasteiger partial charge in [0.2, 0.25) is 5.91 Å². The van der Waals surface area contributed by atoms with Gasteiger partial charge in [-0.05, 0) is 6.07 Å². The van der Waals surface area contributed by atoms with Crippen molar-refractivity contribution in [2.45, 2.75) is 13.3 Å². The third kappa shape index (κ3) is 3.67. The fourth-order valence-corrected chi connectivity index (χ4v) is 1.61. The van der Waals surface area contributed by atoms with Crippen LogP contribution in [0.25, 0.3) is 0 Å². The number of nitrogens with one attached hydrogen (secondary N) is 1. The van der Waals surface area contributed by atoms with Gasteiger partial charge in [-0.1, -0.05) is 0 Å². The molecule has 0 atom stereocenters. The van der Waals surface area contributed by atoms with Gasteiger partial charge in [-0.25, -0.2) is 0 Å². The minimum Gasteiger partial charge on any atom is -0.496 e. The number of amides is 1. The number of benzene rings is 1. The maximum Gasteiger partial charge on any atom is 0.310 e. The van der Waals surface area contributed by atoms with E-state index in [1.165, 1.54) is 27.2 Å². The number of rotatable bonds is 5. The second-order valence-electron chi connectivity index (χ2n) is 3.87. The zero-order chi connectivity index (χ0) is 15.3. The van der Waals surface area contributed by atoms with E-state index in [9.17, 15) is 19.7 Å². The van der Waals surface area contributed by atoms with E-state index in [4.69, 9.17) is 4.74 Å². The molecular weight excluding hydrogens is 268 g/mol. The van der Waals surface area contributed by atoms with Gasteiger partial charge in [0, 0.05) is 12.5 Å². The Hall–Kier alpha value is -2.64. The molecule has 0 saturated carbocycles. The van der Waals surface area contributed by atoms with Crippen LogP contribution < -0.4 is 10.1 Å². The molecule has 0 aliphatic carbocycles. The standard InChI is InChI=1S/C12H14N2O6/c1-7(15)13-9-4-8(5-12(16)20-3)11(19-2)6-10(9)14(17)18/h4,6H,5H2,1-3H3,(H,13,15). The smallest absolute Gasteiger partial charge is 0.310 e. The minimum absolute atomic E-state index is 0.00204. The van der Waals surface area contributed by atoms with Crippen LogP contribution >= 0.6 is 0 Å². The van der Waals surface area contributed by atoms with Crippen molar-refractivity contribution in [3.05, 3.63) is 27.8 Å². The van der Waals surface area contributed by atoms with Crippen LogP contribution in [0.5, 0.6) is 5.75 Å². The molecule has 0 fully saturated rings. The number of carbonyl (C=O) groups is 2. The first-order chi connectivity index (χ1) is 9.38. The van der Waals surface area contributed by atoms with Gasteiger partial charge >= 0.3 is 5.97 Å². The summed E-state index contributed by atoms with van der Waals surface area (Å²) in [5.41, 5.74) is 0.0709. The maximum atomic E-state index is 11.3. The number of nitro benzene ring substituents is 1. The summed E-state index contributed by atoms with van der Waals surface area (Å²) >= 11 is 0. The van der Waals surface area contributed by atoms with Crippen molar-refractivity contribution in [1.82, 2.24) is 0 Å². The molecular formula is C12H14N2O6. The Balaban J connectivity index is 3.33. The number of esters is 1. The molecule has 8 heteroatoms. The van der Waals surface area contributed by atoms with Gasteiger partial charge in [0.1, 0.15) is 11.4 Å². The number of nitrogens with zero attached hydrogens (tertiary/aromatic N) is 1. The number of methoxy groups -OCH3 is 2. The van der Waals surface area contributed by atoms with E-state index in [1.807, 2.05) is 0 Å². The quantitative estimate of drug-likeness (QED) is 0.495. The molecule has 0 unspecified atom stereocenters. The van der Waals surface area contributed by atoms with Crippen LogP contribution in [-0.4, -0.2) is 31.0 Å². The molecule has 0 bridgehead atoms. The highest BCUT2D eigenvalue weighted by molar-refractivity contribution is 5.92. The number of hydrogen-bond donors (Lipinski definition) is 1. The van der Waals surface area contributed by atoms with Gasteiger partial charge in [-0.2, -0.15) is 0 Å². The monoisotopic (exact) mass is 282 g/mol. The van der Waals surface area contributed by atoms with Gasteiger partial charge in [0.15, 0.2) is 0 Å². The normalized spacial score (nSPS) is 9.75. The molecule has 8 nitrogen and oxygen atoms in total. The van der Waals surface area contributed by atoms with E-state index >= 15 is 0 Å². The first-order valence-corrected chi connectivity index (χ1v) is 5.58. The summed E-state index contributed by atoms with van der Waals surface area (Å²) in [6, 6.07) is 2.48. The molecule has 20 heavy (non-hydrogen) atoms. The third-order valence-corrected chi connectivity index (χ3v) is 2.47. The summed E-state index contributed by atoms with van der Waals surface area (Å²) in [5.74, 6) is -0.801. The minimum atomic E-state index is -0.643. The molecule has 0 aliphatic rings. The van der Waals surface area contributed by atoms with E-state index in [-0.39, 0.29) is 23.5 Å². The van der Waals surface area contributed by atoms with Crippen LogP contribution in [0, 0.1) is 10.1 Å². The summed E-state index contributed by atoms with van der Waals surface area (Å²) in [7, 11) is 2.56. The lowest BCUT2D eigenvalue weighted by Gasteiger charge is -2.11. The summed E-state index contributed by atoms with van der Waals surface area (Å²) in [6.07, 6.45) is -0.121. The second kappa shape index (κ2) is 6.50. The zero-order valence-electron chi connectivity index (χ0n) is 11.3. The Morgan fingerprint density at radius 3 is 2.45 bits per heavy atom. The van der Waals surface area contributed by atoms with Crippen LogP contribution in [0.4, 0.5) is 11.4 Å². The highest BCUT2D eigenvalue weighted by Crippen LogP contribution is 2.33. The maximum absolute atomic E-state index is 11.3. The number of carbonyl (C=O) groups excluding carboxylic acids is 2. The van der Waals surface area contributed by atoms with E-state index in [0.29, 0.717) is 5.56 Å². The van der Waals surface area contributed by atoms with Crippen molar-refractivity contribution in [3.8, 4) is 5.75 Å². The number of anilines is 1. The Bertz CT molecular complexity index is 555. The Kier molecular flexibility index (Phi) is 5.01. The van der Waals surface area contributed by atoms with Gasteiger partial charge in [0.25, 0.3) is 5.69 Å². The fraction of sp³-hybridized carbons (Fsp3) is 0.333. The molecule has 0 aliphatic heterocycles. The van der Waals surface area contributed by atoms with Crippen molar-refractivity contribution >= 4 is 23.3 Å². The molecule has 0 radical (unpaired) electrons. The fourth-order valence-electron chi connectivity index (χ4n) is 1.61. The average Bonchev–Trinajstić information content (AvgIpc) is 2.37.